The first-order valence-corrected chi connectivity index (χ1v) is 9.15. The summed E-state index contributed by atoms with van der Waals surface area (Å²) < 4.78 is 48.4. The van der Waals surface area contributed by atoms with Gasteiger partial charge in [0.05, 0.1) is 12.0 Å². The van der Waals surface area contributed by atoms with Gasteiger partial charge in [-0.3, -0.25) is 13.9 Å². The van der Waals surface area contributed by atoms with Crippen molar-refractivity contribution in [2.75, 3.05) is 6.61 Å². The highest BCUT2D eigenvalue weighted by atomic mass is 32.1. The number of ether oxygens (including phenoxy) is 1. The standard InChI is InChI=1S/C12H12F2N3O8PS/c13-5-3-1-17(12(27)16-9(3)15-10(20)6(5)14)11-8(19)7(18)4(25-11)2-24-26(21,22)23/h1,4,7-8,11,18-19H,2H2,(H2,21,22,23)(H,15,16,20,27)/t4-,7?,8+,11-/m1/s1. The Bertz CT molecular complexity index is 1060. The fourth-order valence-electron chi connectivity index (χ4n) is 2.55. The molecule has 5 N–H and O–H groups in total. The van der Waals surface area contributed by atoms with Crippen molar-refractivity contribution < 1.29 is 42.6 Å². The van der Waals surface area contributed by atoms with Gasteiger partial charge in [-0.15, -0.1) is 0 Å². The van der Waals surface area contributed by atoms with Gasteiger partial charge in [0, 0.05) is 6.20 Å². The van der Waals surface area contributed by atoms with Crippen LogP contribution in [0.3, 0.4) is 0 Å². The Balaban J connectivity index is 1.99. The third-order valence-electron chi connectivity index (χ3n) is 3.83. The van der Waals surface area contributed by atoms with Crippen molar-refractivity contribution in [2.24, 2.45) is 0 Å². The number of phosphoric ester groups is 1. The van der Waals surface area contributed by atoms with Gasteiger partial charge >= 0.3 is 7.82 Å². The molecule has 11 nitrogen and oxygen atoms in total. The third-order valence-corrected chi connectivity index (χ3v) is 4.62. The monoisotopic (exact) mass is 427 g/mol. The van der Waals surface area contributed by atoms with Crippen LogP contribution in [-0.4, -0.2) is 59.5 Å². The molecule has 0 bridgehead atoms. The lowest BCUT2D eigenvalue weighted by molar-refractivity contribution is -0.0531. The predicted molar refractivity (Wildman–Crippen MR) is 85.0 cm³/mol. The van der Waals surface area contributed by atoms with E-state index in [4.69, 9.17) is 26.7 Å². The van der Waals surface area contributed by atoms with Gasteiger partial charge in [-0.1, -0.05) is 0 Å². The number of nitrogens with one attached hydrogen (secondary N) is 1. The molecule has 4 atom stereocenters. The number of aliphatic hydroxyl groups is 2. The van der Waals surface area contributed by atoms with Crippen molar-refractivity contribution in [1.29, 1.82) is 0 Å². The zero-order chi connectivity index (χ0) is 20.1. The fourth-order valence-corrected chi connectivity index (χ4v) is 3.14. The molecule has 0 aliphatic carbocycles. The van der Waals surface area contributed by atoms with Gasteiger partial charge in [-0.05, 0) is 12.2 Å². The highest BCUT2D eigenvalue weighted by molar-refractivity contribution is 7.71. The molecular weight excluding hydrogens is 415 g/mol. The zero-order valence-corrected chi connectivity index (χ0v) is 14.7. The van der Waals surface area contributed by atoms with E-state index in [1.54, 1.807) is 0 Å². The van der Waals surface area contributed by atoms with Crippen LogP contribution >= 0.6 is 20.0 Å². The number of pyridine rings is 1. The molecule has 148 valence electrons. The van der Waals surface area contributed by atoms with Gasteiger partial charge in [0.2, 0.25) is 10.6 Å². The maximum atomic E-state index is 14.0. The Hall–Kier alpha value is -1.64. The quantitative estimate of drug-likeness (QED) is 0.316. The highest BCUT2D eigenvalue weighted by Gasteiger charge is 2.44. The Morgan fingerprint density at radius 1 is 1.33 bits per heavy atom. The Kier molecular flexibility index (Phi) is 5.26. The number of aromatic nitrogens is 3. The topological polar surface area (TPSA) is 167 Å². The molecular formula is C12H12F2N3O8PS. The minimum absolute atomic E-state index is 0.308. The largest absolute Gasteiger partial charge is 0.469 e. The van der Waals surface area contributed by atoms with E-state index in [0.717, 1.165) is 10.8 Å². The number of aromatic amines is 1. The summed E-state index contributed by atoms with van der Waals surface area (Å²) in [5.41, 5.74) is -1.67. The first-order valence-electron chi connectivity index (χ1n) is 7.21. The van der Waals surface area contributed by atoms with E-state index in [2.05, 4.69) is 9.51 Å². The summed E-state index contributed by atoms with van der Waals surface area (Å²) in [6.45, 7) is -0.760. The number of halogens is 2. The summed E-state index contributed by atoms with van der Waals surface area (Å²) in [7, 11) is -4.85. The second-order valence-electron chi connectivity index (χ2n) is 5.61. The van der Waals surface area contributed by atoms with Crippen LogP contribution in [-0.2, 0) is 13.8 Å². The van der Waals surface area contributed by atoms with Gasteiger partial charge in [-0.25, -0.2) is 13.9 Å². The fraction of sp³-hybridized carbons (Fsp3) is 0.417. The maximum Gasteiger partial charge on any atom is 0.469 e. The van der Waals surface area contributed by atoms with E-state index in [1.807, 2.05) is 4.98 Å². The summed E-state index contributed by atoms with van der Waals surface area (Å²) in [6.07, 6.45) is -5.16. The van der Waals surface area contributed by atoms with Gasteiger partial charge < -0.3 is 29.7 Å². The van der Waals surface area contributed by atoms with Gasteiger partial charge in [0.15, 0.2) is 12.0 Å². The van der Waals surface area contributed by atoms with Crippen molar-refractivity contribution in [2.45, 2.75) is 24.5 Å². The second kappa shape index (κ2) is 7.07. The minimum Gasteiger partial charge on any atom is -0.387 e. The number of hydrogen-bond donors (Lipinski definition) is 5. The lowest BCUT2D eigenvalue weighted by Crippen LogP contribution is -2.33. The van der Waals surface area contributed by atoms with Crippen molar-refractivity contribution >= 4 is 31.1 Å². The van der Waals surface area contributed by atoms with Crippen LogP contribution in [0.4, 0.5) is 8.78 Å². The van der Waals surface area contributed by atoms with E-state index in [9.17, 15) is 28.4 Å². The first kappa shape index (κ1) is 20.1. The Labute approximate surface area is 153 Å². The van der Waals surface area contributed by atoms with Crippen molar-refractivity contribution in [1.82, 2.24) is 14.5 Å². The van der Waals surface area contributed by atoms with Crippen LogP contribution in [0, 0.1) is 16.4 Å². The highest BCUT2D eigenvalue weighted by Crippen LogP contribution is 2.38. The third kappa shape index (κ3) is 3.83. The average Bonchev–Trinajstić information content (AvgIpc) is 2.85. The second-order valence-corrected chi connectivity index (χ2v) is 7.21. The molecule has 2 aromatic rings. The Morgan fingerprint density at radius 2 is 2.00 bits per heavy atom. The number of rotatable bonds is 4. The molecule has 1 aliphatic rings. The lowest BCUT2D eigenvalue weighted by atomic mass is 10.1. The number of phosphoric acid groups is 1. The summed E-state index contributed by atoms with van der Waals surface area (Å²) in [5, 5.41) is 19.6. The number of nitrogens with zero attached hydrogens (tertiary/aromatic N) is 2. The number of fused-ring (bicyclic) bond motifs is 1. The molecule has 1 unspecified atom stereocenters. The summed E-state index contributed by atoms with van der Waals surface area (Å²) in [6, 6.07) is 0. The lowest BCUT2D eigenvalue weighted by Gasteiger charge is -2.19. The van der Waals surface area contributed by atoms with E-state index in [0.29, 0.717) is 0 Å². The molecule has 1 fully saturated rings. The van der Waals surface area contributed by atoms with Crippen LogP contribution in [0.15, 0.2) is 11.0 Å². The molecule has 1 saturated heterocycles. The van der Waals surface area contributed by atoms with E-state index >= 15 is 0 Å². The Morgan fingerprint density at radius 3 is 2.63 bits per heavy atom. The molecule has 0 amide bonds. The molecule has 1 aliphatic heterocycles. The molecule has 27 heavy (non-hydrogen) atoms. The van der Waals surface area contributed by atoms with Crippen molar-refractivity contribution in [3.63, 3.8) is 0 Å². The number of hydrogen-bond acceptors (Lipinski definition) is 8. The molecule has 3 rings (SSSR count). The summed E-state index contributed by atoms with van der Waals surface area (Å²) >= 11 is 4.97. The smallest absolute Gasteiger partial charge is 0.387 e. The summed E-state index contributed by atoms with van der Waals surface area (Å²) in [4.78, 5) is 34.4. The average molecular weight is 427 g/mol. The normalized spacial score (nSPS) is 26.0. The molecule has 0 aromatic carbocycles. The van der Waals surface area contributed by atoms with Crippen LogP contribution in [0.1, 0.15) is 6.23 Å². The molecule has 0 spiro atoms. The van der Waals surface area contributed by atoms with E-state index < -0.39 is 61.5 Å². The van der Waals surface area contributed by atoms with Crippen LogP contribution in [0.5, 0.6) is 0 Å². The molecule has 3 heterocycles. The van der Waals surface area contributed by atoms with Gasteiger partial charge in [-0.2, -0.15) is 4.39 Å². The predicted octanol–water partition coefficient (Wildman–Crippen LogP) is -0.539. The van der Waals surface area contributed by atoms with E-state index in [-0.39, 0.29) is 10.4 Å². The number of H-pyrrole nitrogens is 1. The summed E-state index contributed by atoms with van der Waals surface area (Å²) in [5.74, 6) is -3.17. The maximum absolute atomic E-state index is 14.0. The van der Waals surface area contributed by atoms with Gasteiger partial charge in [0.1, 0.15) is 24.0 Å². The molecule has 0 radical (unpaired) electrons. The van der Waals surface area contributed by atoms with Crippen LogP contribution in [0.2, 0.25) is 0 Å². The number of aliphatic hydroxyl groups excluding tert-OH is 2. The van der Waals surface area contributed by atoms with Crippen LogP contribution in [0.25, 0.3) is 11.0 Å². The molecule has 2 aromatic heterocycles. The molecule has 0 saturated carbocycles. The molecule has 15 heteroatoms. The van der Waals surface area contributed by atoms with Crippen molar-refractivity contribution in [3.8, 4) is 0 Å². The van der Waals surface area contributed by atoms with Gasteiger partial charge in [0.25, 0.3) is 5.56 Å². The van der Waals surface area contributed by atoms with E-state index in [1.165, 1.54) is 0 Å². The SMILES string of the molecule is O=c1[nH]c2nc(=S)n([C@@H]3O[C@H](COP(=O)(O)O)C(O)[C@@H]3O)cc2c(F)c1F. The zero-order valence-electron chi connectivity index (χ0n) is 13.0. The van der Waals surface area contributed by atoms with Crippen molar-refractivity contribution in [3.05, 3.63) is 33.0 Å². The minimum atomic E-state index is -4.85. The van der Waals surface area contributed by atoms with Crippen LogP contribution < -0.4 is 5.56 Å². The first-order chi connectivity index (χ1) is 12.5.